The Bertz CT molecular complexity index is 209. The van der Waals surface area contributed by atoms with Gasteiger partial charge in [0.25, 0.3) is 0 Å². The van der Waals surface area contributed by atoms with Crippen molar-refractivity contribution in [3.05, 3.63) is 0 Å². The third-order valence-corrected chi connectivity index (χ3v) is 2.83. The molecule has 1 saturated heterocycles. The van der Waals surface area contributed by atoms with E-state index in [9.17, 15) is 4.79 Å². The zero-order chi connectivity index (χ0) is 11.3. The molecule has 1 heterocycles. The summed E-state index contributed by atoms with van der Waals surface area (Å²) in [6.45, 7) is 4.18. The molecule has 1 fully saturated rings. The fourth-order valence-electron chi connectivity index (χ4n) is 2.18. The monoisotopic (exact) mass is 214 g/mol. The molecule has 1 amide bonds. The van der Waals surface area contributed by atoms with E-state index in [0.29, 0.717) is 25.5 Å². The second kappa shape index (κ2) is 6.08. The summed E-state index contributed by atoms with van der Waals surface area (Å²) in [5.41, 5.74) is 5.83. The lowest BCUT2D eigenvalue weighted by Crippen LogP contribution is -2.41. The highest BCUT2D eigenvalue weighted by Crippen LogP contribution is 2.21. The Kier molecular flexibility index (Phi) is 5.05. The fraction of sp³-hybridized carbons (Fsp3) is 0.909. The number of rotatable bonds is 6. The predicted molar refractivity (Wildman–Crippen MR) is 59.4 cm³/mol. The lowest BCUT2D eigenvalue weighted by Gasteiger charge is -2.20. The average Bonchev–Trinajstić information content (AvgIpc) is 2.48. The molecule has 2 unspecified atom stereocenters. The van der Waals surface area contributed by atoms with Gasteiger partial charge in [-0.15, -0.1) is 0 Å². The standard InChI is InChI=1S/C11H22N2O2/c1-3-4-9-5-11(14)13(6-9)7-10(12)8-15-2/h9-10H,3-8,12H2,1-2H3. The molecule has 0 bridgehead atoms. The van der Waals surface area contributed by atoms with Gasteiger partial charge < -0.3 is 15.4 Å². The van der Waals surface area contributed by atoms with E-state index in [2.05, 4.69) is 6.92 Å². The minimum Gasteiger partial charge on any atom is -0.383 e. The third kappa shape index (κ3) is 3.80. The van der Waals surface area contributed by atoms with E-state index in [1.165, 1.54) is 0 Å². The van der Waals surface area contributed by atoms with Gasteiger partial charge in [-0.3, -0.25) is 4.79 Å². The van der Waals surface area contributed by atoms with Crippen LogP contribution in [0.2, 0.25) is 0 Å². The van der Waals surface area contributed by atoms with Gasteiger partial charge in [0.05, 0.1) is 6.61 Å². The average molecular weight is 214 g/mol. The molecule has 0 radical (unpaired) electrons. The van der Waals surface area contributed by atoms with Gasteiger partial charge in [-0.2, -0.15) is 0 Å². The molecule has 15 heavy (non-hydrogen) atoms. The Hall–Kier alpha value is -0.610. The quantitative estimate of drug-likeness (QED) is 0.704. The van der Waals surface area contributed by atoms with Crippen molar-refractivity contribution < 1.29 is 9.53 Å². The minimum atomic E-state index is -0.0562. The first kappa shape index (κ1) is 12.5. The number of methoxy groups -OCH3 is 1. The molecule has 4 heteroatoms. The van der Waals surface area contributed by atoms with E-state index in [0.717, 1.165) is 19.4 Å². The van der Waals surface area contributed by atoms with Crippen molar-refractivity contribution in [2.24, 2.45) is 11.7 Å². The van der Waals surface area contributed by atoms with Gasteiger partial charge in [0.1, 0.15) is 0 Å². The van der Waals surface area contributed by atoms with Gasteiger partial charge in [0.2, 0.25) is 5.91 Å². The summed E-state index contributed by atoms with van der Waals surface area (Å²) in [7, 11) is 1.63. The van der Waals surface area contributed by atoms with Crippen molar-refractivity contribution in [2.45, 2.75) is 32.2 Å². The maximum Gasteiger partial charge on any atom is 0.222 e. The summed E-state index contributed by atoms with van der Waals surface area (Å²) in [6, 6.07) is -0.0562. The van der Waals surface area contributed by atoms with Crippen LogP contribution in [-0.4, -0.2) is 43.7 Å². The number of nitrogens with two attached hydrogens (primary N) is 1. The Morgan fingerprint density at radius 2 is 2.40 bits per heavy atom. The molecule has 0 aromatic carbocycles. The van der Waals surface area contributed by atoms with E-state index >= 15 is 0 Å². The van der Waals surface area contributed by atoms with Gasteiger partial charge in [-0.1, -0.05) is 13.3 Å². The summed E-state index contributed by atoms with van der Waals surface area (Å²) in [4.78, 5) is 13.5. The molecule has 88 valence electrons. The van der Waals surface area contributed by atoms with Crippen LogP contribution in [0.15, 0.2) is 0 Å². The largest absolute Gasteiger partial charge is 0.383 e. The van der Waals surface area contributed by atoms with E-state index in [-0.39, 0.29) is 11.9 Å². The van der Waals surface area contributed by atoms with Crippen molar-refractivity contribution in [3.63, 3.8) is 0 Å². The van der Waals surface area contributed by atoms with Crippen LogP contribution in [0.25, 0.3) is 0 Å². The number of ether oxygens (including phenoxy) is 1. The van der Waals surface area contributed by atoms with E-state index in [1.807, 2.05) is 4.90 Å². The van der Waals surface area contributed by atoms with E-state index < -0.39 is 0 Å². The normalized spacial score (nSPS) is 23.5. The fourth-order valence-corrected chi connectivity index (χ4v) is 2.18. The number of nitrogens with zero attached hydrogens (tertiary/aromatic N) is 1. The highest BCUT2D eigenvalue weighted by Gasteiger charge is 2.29. The van der Waals surface area contributed by atoms with Gasteiger partial charge in [0.15, 0.2) is 0 Å². The van der Waals surface area contributed by atoms with Crippen LogP contribution in [0.3, 0.4) is 0 Å². The van der Waals surface area contributed by atoms with Gasteiger partial charge in [-0.25, -0.2) is 0 Å². The Labute approximate surface area is 91.8 Å². The van der Waals surface area contributed by atoms with E-state index in [4.69, 9.17) is 10.5 Å². The smallest absolute Gasteiger partial charge is 0.222 e. The van der Waals surface area contributed by atoms with Crippen LogP contribution < -0.4 is 5.73 Å². The molecule has 2 N–H and O–H groups in total. The van der Waals surface area contributed by atoms with Gasteiger partial charge >= 0.3 is 0 Å². The molecule has 1 rings (SSSR count). The number of hydrogen-bond donors (Lipinski definition) is 1. The first-order valence-electron chi connectivity index (χ1n) is 5.69. The molecule has 0 aliphatic carbocycles. The second-order valence-electron chi connectivity index (χ2n) is 4.37. The van der Waals surface area contributed by atoms with Crippen molar-refractivity contribution in [1.29, 1.82) is 0 Å². The van der Waals surface area contributed by atoms with Gasteiger partial charge in [-0.05, 0) is 12.3 Å². The first-order chi connectivity index (χ1) is 7.17. The maximum atomic E-state index is 11.6. The van der Waals surface area contributed by atoms with Crippen LogP contribution in [0, 0.1) is 5.92 Å². The summed E-state index contributed by atoms with van der Waals surface area (Å²) in [5.74, 6) is 0.789. The molecular formula is C11H22N2O2. The second-order valence-corrected chi connectivity index (χ2v) is 4.37. The number of amides is 1. The Morgan fingerprint density at radius 1 is 1.67 bits per heavy atom. The number of carbonyl (C=O) groups is 1. The highest BCUT2D eigenvalue weighted by atomic mass is 16.5. The van der Waals surface area contributed by atoms with Gasteiger partial charge in [0, 0.05) is 32.7 Å². The summed E-state index contributed by atoms with van der Waals surface area (Å²) < 4.78 is 4.96. The van der Waals surface area contributed by atoms with Crippen molar-refractivity contribution >= 4 is 5.91 Å². The molecular weight excluding hydrogens is 192 g/mol. The lowest BCUT2D eigenvalue weighted by atomic mass is 10.0. The SMILES string of the molecule is CCCC1CC(=O)N(CC(N)COC)C1. The topological polar surface area (TPSA) is 55.6 Å². The number of likely N-dealkylation sites (tertiary alicyclic amines) is 1. The summed E-state index contributed by atoms with van der Waals surface area (Å²) in [6.07, 6.45) is 2.99. The predicted octanol–water partition coefficient (Wildman–Crippen LogP) is 0.609. The van der Waals surface area contributed by atoms with Crippen LogP contribution in [0.5, 0.6) is 0 Å². The van der Waals surface area contributed by atoms with Crippen LogP contribution in [0.1, 0.15) is 26.2 Å². The molecule has 0 spiro atoms. The zero-order valence-electron chi connectivity index (χ0n) is 9.74. The third-order valence-electron chi connectivity index (χ3n) is 2.83. The van der Waals surface area contributed by atoms with Crippen LogP contribution in [-0.2, 0) is 9.53 Å². The Balaban J connectivity index is 2.33. The highest BCUT2D eigenvalue weighted by molar-refractivity contribution is 5.78. The Morgan fingerprint density at radius 3 is 3.00 bits per heavy atom. The van der Waals surface area contributed by atoms with Crippen LogP contribution in [0.4, 0.5) is 0 Å². The number of hydrogen-bond acceptors (Lipinski definition) is 3. The van der Waals surface area contributed by atoms with Crippen LogP contribution >= 0.6 is 0 Å². The summed E-state index contributed by atoms with van der Waals surface area (Å²) >= 11 is 0. The molecule has 4 nitrogen and oxygen atoms in total. The molecule has 0 aromatic heterocycles. The molecule has 1 aliphatic rings. The minimum absolute atomic E-state index is 0.0562. The molecule has 1 aliphatic heterocycles. The summed E-state index contributed by atoms with van der Waals surface area (Å²) in [5, 5.41) is 0. The molecule has 2 atom stereocenters. The first-order valence-corrected chi connectivity index (χ1v) is 5.69. The molecule has 0 saturated carbocycles. The van der Waals surface area contributed by atoms with E-state index in [1.54, 1.807) is 7.11 Å². The lowest BCUT2D eigenvalue weighted by molar-refractivity contribution is -0.128. The van der Waals surface area contributed by atoms with Crippen molar-refractivity contribution in [3.8, 4) is 0 Å². The van der Waals surface area contributed by atoms with Crippen molar-refractivity contribution in [1.82, 2.24) is 4.90 Å². The maximum absolute atomic E-state index is 11.6. The zero-order valence-corrected chi connectivity index (χ0v) is 9.74. The number of carbonyl (C=O) groups excluding carboxylic acids is 1. The van der Waals surface area contributed by atoms with Crippen molar-refractivity contribution in [2.75, 3.05) is 26.8 Å². The molecule has 0 aromatic rings.